The van der Waals surface area contributed by atoms with Crippen molar-refractivity contribution in [2.24, 2.45) is 17.6 Å². The maximum Gasteiger partial charge on any atom is 0.248 e. The van der Waals surface area contributed by atoms with Gasteiger partial charge in [-0.05, 0) is 78.8 Å². The van der Waals surface area contributed by atoms with Crippen LogP contribution in [-0.2, 0) is 0 Å². The molecule has 2 heterocycles. The molecule has 6 aromatic rings. The van der Waals surface area contributed by atoms with Crippen LogP contribution in [0.3, 0.4) is 0 Å². The van der Waals surface area contributed by atoms with Crippen LogP contribution in [0.15, 0.2) is 97.2 Å². The average Bonchev–Trinajstić information content (AvgIpc) is 3.36. The number of pyridine rings is 1. The molecule has 4 aromatic carbocycles. The van der Waals surface area contributed by atoms with Gasteiger partial charge >= 0.3 is 0 Å². The maximum absolute atomic E-state index is 11.7. The highest BCUT2D eigenvalue weighted by Gasteiger charge is 2.20. The Morgan fingerprint density at radius 3 is 2.45 bits per heavy atom. The SMILES string of the molecule is CC1CCCCC1CO.Cc1cc(-n2c3ccccc3c3c(-c4cnc5ccccc5c4)cccc32)ccc1C(N)=O. The summed E-state index contributed by atoms with van der Waals surface area (Å²) in [6.07, 6.45) is 7.23. The summed E-state index contributed by atoms with van der Waals surface area (Å²) in [6, 6.07) is 31.0. The molecule has 1 amide bonds. The van der Waals surface area contributed by atoms with Crippen molar-refractivity contribution in [3.63, 3.8) is 0 Å². The van der Waals surface area contributed by atoms with Gasteiger partial charge in [0.2, 0.25) is 5.91 Å². The van der Waals surface area contributed by atoms with Crippen LogP contribution in [0.5, 0.6) is 0 Å². The number of nitrogens with two attached hydrogens (primary N) is 1. The van der Waals surface area contributed by atoms with Crippen LogP contribution in [-0.4, -0.2) is 27.2 Å². The number of carbonyl (C=O) groups excluding carboxylic acids is 1. The highest BCUT2D eigenvalue weighted by molar-refractivity contribution is 6.16. The van der Waals surface area contributed by atoms with E-state index in [-0.39, 0.29) is 0 Å². The van der Waals surface area contributed by atoms with Crippen molar-refractivity contribution >= 4 is 38.6 Å². The summed E-state index contributed by atoms with van der Waals surface area (Å²) < 4.78 is 2.25. The number of aromatic nitrogens is 2. The van der Waals surface area contributed by atoms with Gasteiger partial charge in [0.15, 0.2) is 0 Å². The minimum absolute atomic E-state index is 0.404. The molecule has 0 bridgehead atoms. The number of primary amides is 1. The Morgan fingerprint density at radius 2 is 1.69 bits per heavy atom. The molecule has 1 aliphatic carbocycles. The summed E-state index contributed by atoms with van der Waals surface area (Å²) in [5.41, 5.74) is 13.4. The summed E-state index contributed by atoms with van der Waals surface area (Å²) in [5, 5.41) is 12.3. The third kappa shape index (κ3) is 5.17. The highest BCUT2D eigenvalue weighted by Crippen LogP contribution is 2.39. The summed E-state index contributed by atoms with van der Waals surface area (Å²) in [4.78, 5) is 16.4. The number of hydrogen-bond donors (Lipinski definition) is 2. The van der Waals surface area contributed by atoms with E-state index in [2.05, 4.69) is 66.1 Å². The van der Waals surface area contributed by atoms with Crippen LogP contribution < -0.4 is 5.73 Å². The first-order chi connectivity index (χ1) is 20.5. The van der Waals surface area contributed by atoms with E-state index in [4.69, 9.17) is 15.8 Å². The molecule has 0 radical (unpaired) electrons. The third-order valence-electron chi connectivity index (χ3n) is 8.86. The van der Waals surface area contributed by atoms with Crippen molar-refractivity contribution in [2.45, 2.75) is 39.5 Å². The Kier molecular flexibility index (Phi) is 7.77. The second kappa shape index (κ2) is 11.8. The molecule has 2 atom stereocenters. The number of nitrogens with zero attached hydrogens (tertiary/aromatic N) is 2. The van der Waals surface area contributed by atoms with Crippen LogP contribution in [0.2, 0.25) is 0 Å². The fraction of sp³-hybridized carbons (Fsp3) is 0.243. The first-order valence-electron chi connectivity index (χ1n) is 14.8. The van der Waals surface area contributed by atoms with Gasteiger partial charge in [-0.2, -0.15) is 0 Å². The molecule has 3 N–H and O–H groups in total. The zero-order valence-corrected chi connectivity index (χ0v) is 24.3. The van der Waals surface area contributed by atoms with Gasteiger partial charge in [-0.3, -0.25) is 9.78 Å². The second-order valence-corrected chi connectivity index (χ2v) is 11.5. The fourth-order valence-electron chi connectivity index (χ4n) is 6.48. The van der Waals surface area contributed by atoms with Gasteiger partial charge in [0, 0.05) is 45.8 Å². The highest BCUT2D eigenvalue weighted by atomic mass is 16.3. The quantitative estimate of drug-likeness (QED) is 0.230. The molecule has 1 saturated carbocycles. The van der Waals surface area contributed by atoms with Gasteiger partial charge in [-0.25, -0.2) is 0 Å². The largest absolute Gasteiger partial charge is 0.396 e. The van der Waals surface area contributed by atoms with E-state index < -0.39 is 5.91 Å². The van der Waals surface area contributed by atoms with E-state index in [1.807, 2.05) is 49.5 Å². The average molecular weight is 556 g/mol. The number of aliphatic hydroxyl groups excluding tert-OH is 1. The molecule has 5 heteroatoms. The molecule has 1 fully saturated rings. The van der Waals surface area contributed by atoms with Crippen molar-refractivity contribution in [3.8, 4) is 16.8 Å². The zero-order valence-electron chi connectivity index (χ0n) is 24.3. The first kappa shape index (κ1) is 27.7. The fourth-order valence-corrected chi connectivity index (χ4v) is 6.48. The predicted molar refractivity (Wildman–Crippen MR) is 173 cm³/mol. The molecule has 0 spiro atoms. The number of carbonyl (C=O) groups is 1. The minimum Gasteiger partial charge on any atom is -0.396 e. The van der Waals surface area contributed by atoms with E-state index in [9.17, 15) is 4.79 Å². The molecule has 42 heavy (non-hydrogen) atoms. The van der Waals surface area contributed by atoms with Gasteiger partial charge in [0.1, 0.15) is 0 Å². The number of rotatable bonds is 4. The van der Waals surface area contributed by atoms with E-state index in [1.165, 1.54) is 36.5 Å². The summed E-state index contributed by atoms with van der Waals surface area (Å²) >= 11 is 0. The standard InChI is InChI=1S/C29H21N3O.C8H16O/c1-18-15-21(13-14-22(18)29(30)33)32-26-11-5-3-8-24(26)28-23(9-6-12-27(28)32)20-16-19-7-2-4-10-25(19)31-17-20;1-7-4-2-3-5-8(7)6-9/h2-17H,1H3,(H2,30,33);7-9H,2-6H2,1H3. The second-order valence-electron chi connectivity index (χ2n) is 11.5. The lowest BCUT2D eigenvalue weighted by Crippen LogP contribution is -2.19. The number of aryl methyl sites for hydroxylation is 1. The van der Waals surface area contributed by atoms with Gasteiger partial charge in [-0.15, -0.1) is 0 Å². The molecular formula is C37H37N3O2. The number of hydrogen-bond acceptors (Lipinski definition) is 3. The third-order valence-corrected chi connectivity index (χ3v) is 8.86. The van der Waals surface area contributed by atoms with Crippen molar-refractivity contribution in [1.82, 2.24) is 9.55 Å². The molecule has 0 aliphatic heterocycles. The van der Waals surface area contributed by atoms with Gasteiger partial charge in [0.05, 0.1) is 16.6 Å². The van der Waals surface area contributed by atoms with Crippen molar-refractivity contribution in [2.75, 3.05) is 6.61 Å². The van der Waals surface area contributed by atoms with Gasteiger partial charge in [-0.1, -0.05) is 74.7 Å². The Hall–Kier alpha value is -4.48. The Balaban J connectivity index is 0.000000302. The Labute approximate surface area is 246 Å². The Morgan fingerprint density at radius 1 is 0.929 bits per heavy atom. The molecule has 0 saturated heterocycles. The normalized spacial score (nSPS) is 16.8. The monoisotopic (exact) mass is 555 g/mol. The van der Waals surface area contributed by atoms with Crippen LogP contribution in [0.4, 0.5) is 0 Å². The van der Waals surface area contributed by atoms with E-state index >= 15 is 0 Å². The van der Waals surface area contributed by atoms with Crippen LogP contribution in [0, 0.1) is 18.8 Å². The lowest BCUT2D eigenvalue weighted by molar-refractivity contribution is 0.0999. The Bertz CT molecular complexity index is 1900. The lowest BCUT2D eigenvalue weighted by atomic mass is 9.81. The molecular weight excluding hydrogens is 518 g/mol. The van der Waals surface area contributed by atoms with Crippen molar-refractivity contribution in [1.29, 1.82) is 0 Å². The number of fused-ring (bicyclic) bond motifs is 4. The van der Waals surface area contributed by atoms with E-state index in [1.54, 1.807) is 0 Å². The maximum atomic E-state index is 11.7. The smallest absolute Gasteiger partial charge is 0.248 e. The molecule has 1 aliphatic rings. The number of aliphatic hydroxyl groups is 1. The molecule has 5 nitrogen and oxygen atoms in total. The zero-order chi connectivity index (χ0) is 29.2. The number of amides is 1. The van der Waals surface area contributed by atoms with Gasteiger partial charge in [0.25, 0.3) is 0 Å². The lowest BCUT2D eigenvalue weighted by Gasteiger charge is -2.26. The predicted octanol–water partition coefficient (Wildman–Crippen LogP) is 8.21. The molecule has 2 unspecified atom stereocenters. The molecule has 7 rings (SSSR count). The van der Waals surface area contributed by atoms with Crippen molar-refractivity contribution in [3.05, 3.63) is 108 Å². The number of para-hydroxylation sites is 2. The van der Waals surface area contributed by atoms with Crippen LogP contribution in [0.25, 0.3) is 49.5 Å². The first-order valence-corrected chi connectivity index (χ1v) is 14.8. The summed E-state index contributed by atoms with van der Waals surface area (Å²) in [7, 11) is 0. The van der Waals surface area contributed by atoms with E-state index in [0.717, 1.165) is 50.2 Å². The van der Waals surface area contributed by atoms with Gasteiger partial charge < -0.3 is 15.4 Å². The molecule has 2 aromatic heterocycles. The minimum atomic E-state index is -0.410. The summed E-state index contributed by atoms with van der Waals surface area (Å²) in [6.45, 7) is 4.57. The molecule has 212 valence electrons. The van der Waals surface area contributed by atoms with Crippen molar-refractivity contribution < 1.29 is 9.90 Å². The van der Waals surface area contributed by atoms with Crippen LogP contribution >= 0.6 is 0 Å². The number of benzene rings is 4. The van der Waals surface area contributed by atoms with E-state index in [0.29, 0.717) is 18.1 Å². The summed E-state index contributed by atoms with van der Waals surface area (Å²) in [5.74, 6) is 0.967. The van der Waals surface area contributed by atoms with Crippen LogP contribution in [0.1, 0.15) is 48.5 Å². The topological polar surface area (TPSA) is 81.1 Å².